The highest BCUT2D eigenvalue weighted by atomic mass is 16.5. The summed E-state index contributed by atoms with van der Waals surface area (Å²) in [6.45, 7) is 0.336. The Labute approximate surface area is 185 Å². The predicted molar refractivity (Wildman–Crippen MR) is 114 cm³/mol. The minimum absolute atomic E-state index is 0.0739. The minimum atomic E-state index is -1.06. The molecule has 2 N–H and O–H groups in total. The summed E-state index contributed by atoms with van der Waals surface area (Å²) in [6, 6.07) is 14.9. The van der Waals surface area contributed by atoms with Crippen molar-refractivity contribution in [3.8, 4) is 11.1 Å². The minimum Gasteiger partial charge on any atom is -0.480 e. The van der Waals surface area contributed by atoms with E-state index >= 15 is 0 Å². The summed E-state index contributed by atoms with van der Waals surface area (Å²) in [5.74, 6) is -1.57. The third-order valence-corrected chi connectivity index (χ3v) is 6.62. The van der Waals surface area contributed by atoms with Crippen molar-refractivity contribution in [3.63, 3.8) is 0 Å². The number of aliphatic carboxylic acids is 1. The molecular weight excluding hydrogens is 412 g/mol. The second-order valence-corrected chi connectivity index (χ2v) is 8.34. The fraction of sp³-hybridized carbons (Fsp3) is 0.375. The molecule has 2 aromatic carbocycles. The Balaban J connectivity index is 1.20. The summed E-state index contributed by atoms with van der Waals surface area (Å²) < 4.78 is 11.0. The maximum absolute atomic E-state index is 12.7. The van der Waals surface area contributed by atoms with Crippen LogP contribution in [0.1, 0.15) is 29.9 Å². The lowest BCUT2D eigenvalue weighted by atomic mass is 9.98. The average molecular weight is 436 g/mol. The first-order valence-electron chi connectivity index (χ1n) is 10.8. The van der Waals surface area contributed by atoms with Crippen LogP contribution >= 0.6 is 0 Å². The molecule has 2 aliphatic heterocycles. The van der Waals surface area contributed by atoms with Crippen LogP contribution in [0.15, 0.2) is 48.5 Å². The normalized spacial score (nSPS) is 23.4. The second-order valence-electron chi connectivity index (χ2n) is 8.34. The Morgan fingerprint density at radius 3 is 2.38 bits per heavy atom. The molecule has 0 spiro atoms. The van der Waals surface area contributed by atoms with Crippen LogP contribution in [0.2, 0.25) is 0 Å². The van der Waals surface area contributed by atoms with Crippen molar-refractivity contribution in [1.82, 2.24) is 10.2 Å². The lowest BCUT2D eigenvalue weighted by Crippen LogP contribution is -2.49. The van der Waals surface area contributed by atoms with Crippen LogP contribution in [0.25, 0.3) is 11.1 Å². The maximum Gasteiger partial charge on any atom is 0.407 e. The highest BCUT2D eigenvalue weighted by molar-refractivity contribution is 5.88. The van der Waals surface area contributed by atoms with E-state index in [4.69, 9.17) is 9.47 Å². The number of alkyl carbamates (subject to hydrolysis) is 1. The molecule has 8 nitrogen and oxygen atoms in total. The lowest BCUT2D eigenvalue weighted by molar-refractivity contribution is -0.149. The number of hydrogen-bond acceptors (Lipinski definition) is 5. The third kappa shape index (κ3) is 3.50. The molecule has 0 saturated carbocycles. The van der Waals surface area contributed by atoms with Crippen molar-refractivity contribution in [1.29, 1.82) is 0 Å². The molecule has 0 aromatic heterocycles. The van der Waals surface area contributed by atoms with E-state index in [9.17, 15) is 19.5 Å². The first-order valence-corrected chi connectivity index (χ1v) is 10.8. The smallest absolute Gasteiger partial charge is 0.407 e. The Hall–Kier alpha value is -3.39. The van der Waals surface area contributed by atoms with Crippen molar-refractivity contribution in [3.05, 3.63) is 59.7 Å². The van der Waals surface area contributed by atoms with E-state index in [1.165, 1.54) is 4.90 Å². The third-order valence-electron chi connectivity index (χ3n) is 6.62. The Kier molecular flexibility index (Phi) is 5.30. The highest BCUT2D eigenvalue weighted by Gasteiger charge is 2.49. The molecule has 166 valence electrons. The molecule has 5 rings (SSSR count). The maximum atomic E-state index is 12.7. The van der Waals surface area contributed by atoms with Gasteiger partial charge in [-0.05, 0) is 28.7 Å². The number of carboxylic acids is 1. The second kappa shape index (κ2) is 8.27. The van der Waals surface area contributed by atoms with Gasteiger partial charge in [0.25, 0.3) is 0 Å². The number of amides is 2. The van der Waals surface area contributed by atoms with Crippen molar-refractivity contribution < 1.29 is 29.0 Å². The molecule has 2 saturated heterocycles. The first kappa shape index (κ1) is 20.5. The number of nitrogens with zero attached hydrogens (tertiary/aromatic N) is 1. The van der Waals surface area contributed by atoms with E-state index in [2.05, 4.69) is 17.4 Å². The molecule has 2 amide bonds. The number of likely N-dealkylation sites (tertiary alicyclic amines) is 1. The number of benzene rings is 2. The topological polar surface area (TPSA) is 105 Å². The molecule has 2 aromatic rings. The van der Waals surface area contributed by atoms with E-state index in [1.807, 2.05) is 36.4 Å². The fourth-order valence-corrected chi connectivity index (χ4v) is 5.21. The number of carbonyl (C=O) groups excluding carboxylic acids is 2. The summed E-state index contributed by atoms with van der Waals surface area (Å²) in [6.07, 6.45) is -0.0815. The zero-order chi connectivity index (χ0) is 22.2. The number of fused-ring (bicyclic) bond motifs is 4. The number of carbonyl (C=O) groups is 3. The van der Waals surface area contributed by atoms with Gasteiger partial charge in [-0.3, -0.25) is 4.79 Å². The SMILES string of the molecule is O=C(NCC(=O)N1C(C(=O)O)CC2OCCC21)OCC1c2ccccc2-c2ccccc21. The molecule has 2 heterocycles. The van der Waals surface area contributed by atoms with E-state index < -0.39 is 24.0 Å². The van der Waals surface area contributed by atoms with Crippen LogP contribution in [0.4, 0.5) is 4.79 Å². The molecule has 1 aliphatic carbocycles. The van der Waals surface area contributed by atoms with Crippen molar-refractivity contribution in [2.24, 2.45) is 0 Å². The van der Waals surface area contributed by atoms with Gasteiger partial charge in [-0.2, -0.15) is 0 Å². The Bertz CT molecular complexity index is 1020. The van der Waals surface area contributed by atoms with Gasteiger partial charge in [0, 0.05) is 18.9 Å². The van der Waals surface area contributed by atoms with Gasteiger partial charge in [0.15, 0.2) is 0 Å². The molecule has 8 heteroatoms. The lowest BCUT2D eigenvalue weighted by Gasteiger charge is -2.26. The summed E-state index contributed by atoms with van der Waals surface area (Å²) in [5.41, 5.74) is 4.47. The molecule has 0 radical (unpaired) electrons. The molecule has 32 heavy (non-hydrogen) atoms. The monoisotopic (exact) mass is 436 g/mol. The summed E-state index contributed by atoms with van der Waals surface area (Å²) in [5, 5.41) is 12.0. The molecule has 2 fully saturated rings. The van der Waals surface area contributed by atoms with Gasteiger partial charge in [-0.1, -0.05) is 48.5 Å². The van der Waals surface area contributed by atoms with Gasteiger partial charge in [0.2, 0.25) is 5.91 Å². The molecule has 0 bridgehead atoms. The molecule has 3 unspecified atom stereocenters. The highest BCUT2D eigenvalue weighted by Crippen LogP contribution is 2.44. The zero-order valence-electron chi connectivity index (χ0n) is 17.4. The number of ether oxygens (including phenoxy) is 2. The van der Waals surface area contributed by atoms with Crippen LogP contribution < -0.4 is 5.32 Å². The van der Waals surface area contributed by atoms with Gasteiger partial charge in [0.05, 0.1) is 12.1 Å². The quantitative estimate of drug-likeness (QED) is 0.746. The van der Waals surface area contributed by atoms with E-state index in [-0.39, 0.29) is 37.6 Å². The largest absolute Gasteiger partial charge is 0.480 e. The molecule has 3 aliphatic rings. The van der Waals surface area contributed by atoms with Gasteiger partial charge >= 0.3 is 12.1 Å². The van der Waals surface area contributed by atoms with Crippen molar-refractivity contribution >= 4 is 18.0 Å². The van der Waals surface area contributed by atoms with Crippen LogP contribution in [-0.2, 0) is 19.1 Å². The van der Waals surface area contributed by atoms with E-state index in [0.29, 0.717) is 13.0 Å². The van der Waals surface area contributed by atoms with Gasteiger partial charge in [-0.15, -0.1) is 0 Å². The van der Waals surface area contributed by atoms with E-state index in [0.717, 1.165) is 22.3 Å². The average Bonchev–Trinajstić information content (AvgIpc) is 3.47. The first-order chi connectivity index (χ1) is 15.5. The summed E-state index contributed by atoms with van der Waals surface area (Å²) in [4.78, 5) is 38.0. The number of hydrogen-bond donors (Lipinski definition) is 2. The van der Waals surface area contributed by atoms with Gasteiger partial charge < -0.3 is 24.8 Å². The predicted octanol–water partition coefficient (Wildman–Crippen LogP) is 2.37. The van der Waals surface area contributed by atoms with Crippen LogP contribution in [-0.4, -0.2) is 65.9 Å². The standard InChI is InChI=1S/C24H24N2O6/c27-22(26-19-9-10-31-21(19)11-20(26)23(28)29)12-25-24(30)32-13-18-16-7-3-1-5-14(16)15-6-2-4-8-17(15)18/h1-8,18-21H,9-13H2,(H,25,30)(H,28,29). The zero-order valence-corrected chi connectivity index (χ0v) is 17.4. The summed E-state index contributed by atoms with van der Waals surface area (Å²) in [7, 11) is 0. The number of rotatable bonds is 5. The molecular formula is C24H24N2O6. The van der Waals surface area contributed by atoms with Crippen LogP contribution in [0.5, 0.6) is 0 Å². The Morgan fingerprint density at radius 1 is 1.06 bits per heavy atom. The van der Waals surface area contributed by atoms with Crippen molar-refractivity contribution in [2.45, 2.75) is 36.9 Å². The number of carboxylic acid groups (broad SMARTS) is 1. The van der Waals surface area contributed by atoms with Crippen molar-refractivity contribution in [2.75, 3.05) is 19.8 Å². The van der Waals surface area contributed by atoms with E-state index in [1.54, 1.807) is 0 Å². The number of nitrogens with one attached hydrogen (secondary N) is 1. The molecule has 3 atom stereocenters. The Morgan fingerprint density at radius 2 is 1.72 bits per heavy atom. The van der Waals surface area contributed by atoms with Gasteiger partial charge in [-0.25, -0.2) is 9.59 Å². The fourth-order valence-electron chi connectivity index (χ4n) is 5.21. The summed E-state index contributed by atoms with van der Waals surface area (Å²) >= 11 is 0. The van der Waals surface area contributed by atoms with Gasteiger partial charge in [0.1, 0.15) is 19.2 Å². The van der Waals surface area contributed by atoms with Crippen LogP contribution in [0.3, 0.4) is 0 Å². The van der Waals surface area contributed by atoms with Crippen LogP contribution in [0, 0.1) is 0 Å².